The van der Waals surface area contributed by atoms with Gasteiger partial charge in [0, 0.05) is 12.5 Å². The molecule has 0 aliphatic heterocycles. The van der Waals surface area contributed by atoms with Crippen LogP contribution in [-0.4, -0.2) is 31.6 Å². The summed E-state index contributed by atoms with van der Waals surface area (Å²) in [5.41, 5.74) is 0.244. The van der Waals surface area contributed by atoms with Crippen LogP contribution in [0.3, 0.4) is 0 Å². The van der Waals surface area contributed by atoms with Crippen LogP contribution in [0.15, 0.2) is 23.4 Å². The van der Waals surface area contributed by atoms with E-state index in [-0.39, 0.29) is 11.4 Å². The number of aryl methyl sites for hydroxylation is 1. The van der Waals surface area contributed by atoms with Crippen molar-refractivity contribution < 1.29 is 18.7 Å². The highest BCUT2D eigenvalue weighted by molar-refractivity contribution is 7.99. The average molecular weight is 313 g/mol. The number of thioether (sulfide) groups is 1. The van der Waals surface area contributed by atoms with Gasteiger partial charge in [-0.15, -0.1) is 10.2 Å². The molecule has 21 heavy (non-hydrogen) atoms. The molecule has 0 aliphatic carbocycles. The highest BCUT2D eigenvalue weighted by Crippen LogP contribution is 2.24. The van der Waals surface area contributed by atoms with Gasteiger partial charge in [-0.05, 0) is 18.6 Å². The Morgan fingerprint density at radius 3 is 2.52 bits per heavy atom. The number of carboxylic acid groups (broad SMARTS) is 1. The second kappa shape index (κ2) is 6.66. The van der Waals surface area contributed by atoms with Crippen molar-refractivity contribution in [3.05, 3.63) is 35.7 Å². The van der Waals surface area contributed by atoms with E-state index in [1.165, 1.54) is 4.57 Å². The first-order chi connectivity index (χ1) is 10.0. The highest BCUT2D eigenvalue weighted by atomic mass is 32.2. The van der Waals surface area contributed by atoms with Crippen LogP contribution in [0.25, 0.3) is 5.69 Å². The molecule has 1 aromatic heterocycles. The van der Waals surface area contributed by atoms with E-state index in [9.17, 15) is 13.6 Å². The molecule has 0 saturated heterocycles. The van der Waals surface area contributed by atoms with Crippen LogP contribution in [0.1, 0.15) is 19.2 Å². The Balaban J connectivity index is 2.46. The van der Waals surface area contributed by atoms with Crippen LogP contribution in [0.2, 0.25) is 0 Å². The van der Waals surface area contributed by atoms with Gasteiger partial charge in [0.1, 0.15) is 17.5 Å². The number of carboxylic acids is 1. The lowest BCUT2D eigenvalue weighted by Gasteiger charge is -2.09. The third-order valence-electron chi connectivity index (χ3n) is 2.60. The summed E-state index contributed by atoms with van der Waals surface area (Å²) in [6, 6.07) is 3.10. The molecule has 0 atom stereocenters. The summed E-state index contributed by atoms with van der Waals surface area (Å²) in [6.07, 6.45) is 1.35. The van der Waals surface area contributed by atoms with E-state index in [1.54, 1.807) is 0 Å². The number of nitrogens with zero attached hydrogens (tertiary/aromatic N) is 3. The maximum absolute atomic E-state index is 13.4. The van der Waals surface area contributed by atoms with Crippen LogP contribution < -0.4 is 0 Å². The molecule has 0 amide bonds. The third-order valence-corrected chi connectivity index (χ3v) is 3.52. The van der Waals surface area contributed by atoms with Gasteiger partial charge in [-0.1, -0.05) is 18.7 Å². The van der Waals surface area contributed by atoms with Crippen molar-refractivity contribution in [1.82, 2.24) is 14.8 Å². The minimum atomic E-state index is -1.00. The molecule has 0 unspecified atom stereocenters. The number of benzene rings is 1. The largest absolute Gasteiger partial charge is 0.481 e. The molecule has 2 aromatic rings. The predicted octanol–water partition coefficient (Wildman–Crippen LogP) is 2.67. The topological polar surface area (TPSA) is 68.0 Å². The van der Waals surface area contributed by atoms with Crippen LogP contribution in [0.4, 0.5) is 8.78 Å². The van der Waals surface area contributed by atoms with Crippen molar-refractivity contribution in [2.75, 3.05) is 5.75 Å². The molecule has 8 heteroatoms. The quantitative estimate of drug-likeness (QED) is 0.830. The second-order valence-electron chi connectivity index (χ2n) is 4.29. The number of rotatable bonds is 6. The molecular weight excluding hydrogens is 300 g/mol. The minimum absolute atomic E-state index is 0.206. The molecule has 112 valence electrons. The van der Waals surface area contributed by atoms with E-state index >= 15 is 0 Å². The molecule has 1 N–H and O–H groups in total. The van der Waals surface area contributed by atoms with Crippen LogP contribution >= 0.6 is 11.8 Å². The molecule has 0 spiro atoms. The monoisotopic (exact) mass is 313 g/mol. The predicted molar refractivity (Wildman–Crippen MR) is 73.6 cm³/mol. The summed E-state index contributed by atoms with van der Waals surface area (Å²) in [7, 11) is 0. The van der Waals surface area contributed by atoms with E-state index < -0.39 is 17.6 Å². The van der Waals surface area contributed by atoms with Gasteiger partial charge >= 0.3 is 5.97 Å². The average Bonchev–Trinajstić information content (AvgIpc) is 2.78. The van der Waals surface area contributed by atoms with Crippen molar-refractivity contribution in [3.63, 3.8) is 0 Å². The number of aliphatic carboxylic acids is 1. The molecule has 2 rings (SSSR count). The van der Waals surface area contributed by atoms with E-state index in [2.05, 4.69) is 10.2 Å². The van der Waals surface area contributed by atoms with Crippen LogP contribution in [0, 0.1) is 11.6 Å². The van der Waals surface area contributed by atoms with Gasteiger partial charge < -0.3 is 5.11 Å². The van der Waals surface area contributed by atoms with Gasteiger partial charge in [-0.25, -0.2) is 8.78 Å². The summed E-state index contributed by atoms with van der Waals surface area (Å²) in [6.45, 7) is 1.94. The Morgan fingerprint density at radius 1 is 1.29 bits per heavy atom. The molecule has 1 aromatic carbocycles. The van der Waals surface area contributed by atoms with Gasteiger partial charge in [0.05, 0.1) is 11.4 Å². The summed E-state index contributed by atoms with van der Waals surface area (Å²) in [5.74, 6) is -2.10. The van der Waals surface area contributed by atoms with E-state index in [4.69, 9.17) is 5.11 Å². The van der Waals surface area contributed by atoms with E-state index in [0.717, 1.165) is 36.4 Å². The Morgan fingerprint density at radius 2 is 1.95 bits per heavy atom. The summed E-state index contributed by atoms with van der Waals surface area (Å²) >= 11 is 0.953. The van der Waals surface area contributed by atoms with Crippen molar-refractivity contribution in [1.29, 1.82) is 0 Å². The zero-order valence-electron chi connectivity index (χ0n) is 11.2. The van der Waals surface area contributed by atoms with Gasteiger partial charge in [-0.2, -0.15) is 0 Å². The number of halogens is 2. The summed E-state index contributed by atoms with van der Waals surface area (Å²) in [5, 5.41) is 16.9. The maximum Gasteiger partial charge on any atom is 0.313 e. The lowest BCUT2D eigenvalue weighted by Crippen LogP contribution is -2.05. The fourth-order valence-corrected chi connectivity index (χ4v) is 2.52. The molecule has 5 nitrogen and oxygen atoms in total. The highest BCUT2D eigenvalue weighted by Gasteiger charge is 2.16. The minimum Gasteiger partial charge on any atom is -0.481 e. The molecule has 0 bridgehead atoms. The lowest BCUT2D eigenvalue weighted by molar-refractivity contribution is -0.133. The first-order valence-electron chi connectivity index (χ1n) is 6.26. The van der Waals surface area contributed by atoms with E-state index in [0.29, 0.717) is 17.4 Å². The molecule has 0 saturated carbocycles. The van der Waals surface area contributed by atoms with Crippen LogP contribution in [-0.2, 0) is 11.2 Å². The smallest absolute Gasteiger partial charge is 0.313 e. The fourth-order valence-electron chi connectivity index (χ4n) is 1.83. The number of hydrogen-bond acceptors (Lipinski definition) is 4. The second-order valence-corrected chi connectivity index (χ2v) is 5.24. The van der Waals surface area contributed by atoms with Crippen molar-refractivity contribution >= 4 is 17.7 Å². The van der Waals surface area contributed by atoms with Gasteiger partial charge in [0.15, 0.2) is 5.16 Å². The Labute approximate surface area is 124 Å². The lowest BCUT2D eigenvalue weighted by atomic mass is 10.2. The maximum atomic E-state index is 13.4. The number of carbonyl (C=O) groups is 1. The summed E-state index contributed by atoms with van der Waals surface area (Å²) in [4.78, 5) is 10.7. The number of aromatic nitrogens is 3. The molecule has 0 radical (unpaired) electrons. The first-order valence-corrected chi connectivity index (χ1v) is 7.25. The number of hydrogen-bond donors (Lipinski definition) is 1. The Kier molecular flexibility index (Phi) is 4.89. The first kappa shape index (κ1) is 15.4. The van der Waals surface area contributed by atoms with Gasteiger partial charge in [0.25, 0.3) is 0 Å². The molecule has 1 heterocycles. The normalized spacial score (nSPS) is 10.8. The van der Waals surface area contributed by atoms with Gasteiger partial charge in [0.2, 0.25) is 0 Å². The Hall–Kier alpha value is -1.96. The SMILES string of the molecule is CCCc1nnc(SCC(=O)O)n1-c1cc(F)cc(F)c1. The third kappa shape index (κ3) is 3.78. The van der Waals surface area contributed by atoms with Crippen molar-refractivity contribution in [2.24, 2.45) is 0 Å². The van der Waals surface area contributed by atoms with Crippen LogP contribution in [0.5, 0.6) is 0 Å². The molecular formula is C13H13F2N3O2S. The van der Waals surface area contributed by atoms with Crippen molar-refractivity contribution in [3.8, 4) is 5.69 Å². The van der Waals surface area contributed by atoms with Crippen molar-refractivity contribution in [2.45, 2.75) is 24.9 Å². The van der Waals surface area contributed by atoms with Gasteiger partial charge in [-0.3, -0.25) is 9.36 Å². The molecule has 0 aliphatic rings. The van der Waals surface area contributed by atoms with E-state index in [1.807, 2.05) is 6.92 Å². The fraction of sp³-hybridized carbons (Fsp3) is 0.308. The Bertz CT molecular complexity index is 641. The summed E-state index contributed by atoms with van der Waals surface area (Å²) < 4.78 is 28.3. The molecule has 0 fully saturated rings. The zero-order valence-corrected chi connectivity index (χ0v) is 12.0. The standard InChI is InChI=1S/C13H13F2N3O2S/c1-2-3-11-16-17-13(21-7-12(19)20)18(11)10-5-8(14)4-9(15)6-10/h4-6H,2-3,7H2,1H3,(H,19,20). The zero-order chi connectivity index (χ0) is 15.4.